The lowest BCUT2D eigenvalue weighted by atomic mass is 10.1. The lowest BCUT2D eigenvalue weighted by Gasteiger charge is -2.38. The van der Waals surface area contributed by atoms with Crippen molar-refractivity contribution in [2.75, 3.05) is 20.3 Å². The number of morpholine rings is 1. The van der Waals surface area contributed by atoms with Crippen molar-refractivity contribution in [3.05, 3.63) is 29.8 Å². The molecule has 2 rings (SSSR count). The van der Waals surface area contributed by atoms with Gasteiger partial charge in [-0.05, 0) is 31.9 Å². The molecule has 1 aliphatic rings. The molecule has 1 aliphatic heterocycles. The predicted molar refractivity (Wildman–Crippen MR) is 77.9 cm³/mol. The number of carbonyl (C=O) groups is 1. The molecule has 0 N–H and O–H groups in total. The average molecular weight is 277 g/mol. The summed E-state index contributed by atoms with van der Waals surface area (Å²) in [6.07, 6.45) is 1.33. The minimum Gasteiger partial charge on any atom is -0.496 e. The van der Waals surface area contributed by atoms with Gasteiger partial charge in [0.25, 0.3) is 0 Å². The van der Waals surface area contributed by atoms with E-state index in [2.05, 4.69) is 0 Å². The molecule has 1 aromatic carbocycles. The Morgan fingerprint density at radius 1 is 1.40 bits per heavy atom. The SMILES string of the molecule is COc1ccccc1CCC(=O)N1CCOC(C)C1C. The second-order valence-corrected chi connectivity index (χ2v) is 5.22. The molecule has 20 heavy (non-hydrogen) atoms. The maximum Gasteiger partial charge on any atom is 0.223 e. The Kier molecular flexibility index (Phi) is 5.01. The van der Waals surface area contributed by atoms with Crippen molar-refractivity contribution >= 4 is 5.91 Å². The van der Waals surface area contributed by atoms with Gasteiger partial charge >= 0.3 is 0 Å². The first-order chi connectivity index (χ1) is 9.63. The molecule has 1 aromatic rings. The van der Waals surface area contributed by atoms with Gasteiger partial charge in [0, 0.05) is 13.0 Å². The van der Waals surface area contributed by atoms with Crippen molar-refractivity contribution in [1.82, 2.24) is 4.90 Å². The fraction of sp³-hybridized carbons (Fsp3) is 0.562. The highest BCUT2D eigenvalue weighted by molar-refractivity contribution is 5.77. The molecule has 1 heterocycles. The summed E-state index contributed by atoms with van der Waals surface area (Å²) in [5.74, 6) is 1.04. The van der Waals surface area contributed by atoms with Crippen LogP contribution >= 0.6 is 0 Å². The number of nitrogens with zero attached hydrogens (tertiary/aromatic N) is 1. The minimum absolute atomic E-state index is 0.110. The van der Waals surface area contributed by atoms with Crippen LogP contribution in [-0.2, 0) is 16.0 Å². The van der Waals surface area contributed by atoms with Crippen molar-refractivity contribution in [3.63, 3.8) is 0 Å². The second kappa shape index (κ2) is 6.75. The van der Waals surface area contributed by atoms with Gasteiger partial charge in [-0.3, -0.25) is 4.79 Å². The van der Waals surface area contributed by atoms with Crippen molar-refractivity contribution in [3.8, 4) is 5.75 Å². The Morgan fingerprint density at radius 2 is 2.15 bits per heavy atom. The van der Waals surface area contributed by atoms with Crippen molar-refractivity contribution in [1.29, 1.82) is 0 Å². The molecule has 0 saturated carbocycles. The number of amides is 1. The molecule has 0 spiro atoms. The van der Waals surface area contributed by atoms with Gasteiger partial charge in [0.15, 0.2) is 0 Å². The van der Waals surface area contributed by atoms with E-state index in [0.29, 0.717) is 26.0 Å². The number of para-hydroxylation sites is 1. The van der Waals surface area contributed by atoms with Crippen LogP contribution in [0.3, 0.4) is 0 Å². The molecule has 0 bridgehead atoms. The third-order valence-electron chi connectivity index (χ3n) is 4.00. The molecule has 110 valence electrons. The molecule has 1 fully saturated rings. The van der Waals surface area contributed by atoms with E-state index < -0.39 is 0 Å². The van der Waals surface area contributed by atoms with Crippen LogP contribution in [0, 0.1) is 0 Å². The zero-order valence-corrected chi connectivity index (χ0v) is 12.5. The Morgan fingerprint density at radius 3 is 2.90 bits per heavy atom. The highest BCUT2D eigenvalue weighted by Gasteiger charge is 2.28. The molecule has 0 aliphatic carbocycles. The summed E-state index contributed by atoms with van der Waals surface area (Å²) in [6, 6.07) is 8.00. The predicted octanol–water partition coefficient (Wildman–Crippen LogP) is 2.26. The molecular weight excluding hydrogens is 254 g/mol. The van der Waals surface area contributed by atoms with E-state index >= 15 is 0 Å². The number of rotatable bonds is 4. The number of hydrogen-bond donors (Lipinski definition) is 0. The Bertz CT molecular complexity index is 461. The van der Waals surface area contributed by atoms with E-state index in [1.165, 1.54) is 0 Å². The largest absolute Gasteiger partial charge is 0.496 e. The van der Waals surface area contributed by atoms with Crippen molar-refractivity contribution in [2.24, 2.45) is 0 Å². The van der Waals surface area contributed by atoms with Gasteiger partial charge in [-0.15, -0.1) is 0 Å². The van der Waals surface area contributed by atoms with Crippen molar-refractivity contribution < 1.29 is 14.3 Å². The summed E-state index contributed by atoms with van der Waals surface area (Å²) in [6.45, 7) is 5.39. The van der Waals surface area contributed by atoms with Gasteiger partial charge in [-0.2, -0.15) is 0 Å². The summed E-state index contributed by atoms with van der Waals surface area (Å²) in [7, 11) is 1.66. The first-order valence-electron chi connectivity index (χ1n) is 7.16. The van der Waals surface area contributed by atoms with Gasteiger partial charge in [-0.1, -0.05) is 18.2 Å². The van der Waals surface area contributed by atoms with Crippen LogP contribution in [0.1, 0.15) is 25.8 Å². The molecule has 0 radical (unpaired) electrons. The summed E-state index contributed by atoms with van der Waals surface area (Å²) in [4.78, 5) is 14.3. The van der Waals surface area contributed by atoms with E-state index in [1.54, 1.807) is 7.11 Å². The van der Waals surface area contributed by atoms with Crippen LogP contribution in [-0.4, -0.2) is 43.2 Å². The minimum atomic E-state index is 0.110. The molecular formula is C16H23NO3. The van der Waals surface area contributed by atoms with Gasteiger partial charge in [0.2, 0.25) is 5.91 Å². The van der Waals surface area contributed by atoms with Gasteiger partial charge in [0.1, 0.15) is 5.75 Å². The quantitative estimate of drug-likeness (QED) is 0.847. The summed E-state index contributed by atoms with van der Waals surface area (Å²) >= 11 is 0. The Hall–Kier alpha value is -1.55. The van der Waals surface area contributed by atoms with Crippen LogP contribution < -0.4 is 4.74 Å². The Balaban J connectivity index is 1.95. The second-order valence-electron chi connectivity index (χ2n) is 5.22. The molecule has 1 saturated heterocycles. The first kappa shape index (κ1) is 14.9. The molecule has 1 amide bonds. The smallest absolute Gasteiger partial charge is 0.223 e. The summed E-state index contributed by atoms with van der Waals surface area (Å²) in [5.41, 5.74) is 1.08. The third-order valence-corrected chi connectivity index (χ3v) is 4.00. The number of hydrogen-bond acceptors (Lipinski definition) is 3. The summed E-state index contributed by atoms with van der Waals surface area (Å²) in [5, 5.41) is 0. The van der Waals surface area contributed by atoms with Gasteiger partial charge in [0.05, 0.1) is 25.9 Å². The van der Waals surface area contributed by atoms with E-state index in [9.17, 15) is 4.79 Å². The highest BCUT2D eigenvalue weighted by Crippen LogP contribution is 2.20. The lowest BCUT2D eigenvalue weighted by Crippen LogP contribution is -2.51. The van der Waals surface area contributed by atoms with Crippen LogP contribution in [0.15, 0.2) is 24.3 Å². The van der Waals surface area contributed by atoms with Crippen LogP contribution in [0.5, 0.6) is 5.75 Å². The standard InChI is InChI=1S/C16H23NO3/c1-12-13(2)20-11-10-17(12)16(18)9-8-14-6-4-5-7-15(14)19-3/h4-7,12-13H,8-11H2,1-3H3. The first-order valence-corrected chi connectivity index (χ1v) is 7.16. The van der Waals surface area contributed by atoms with E-state index in [-0.39, 0.29) is 18.1 Å². The zero-order chi connectivity index (χ0) is 14.5. The average Bonchev–Trinajstić information content (AvgIpc) is 2.48. The highest BCUT2D eigenvalue weighted by atomic mass is 16.5. The van der Waals surface area contributed by atoms with E-state index in [1.807, 2.05) is 43.0 Å². The topological polar surface area (TPSA) is 38.8 Å². The fourth-order valence-electron chi connectivity index (χ4n) is 2.58. The van der Waals surface area contributed by atoms with Crippen LogP contribution in [0.4, 0.5) is 0 Å². The molecule has 2 unspecified atom stereocenters. The number of ether oxygens (including phenoxy) is 2. The van der Waals surface area contributed by atoms with Crippen molar-refractivity contribution in [2.45, 2.75) is 38.8 Å². The molecule has 2 atom stereocenters. The van der Waals surface area contributed by atoms with Gasteiger partial charge < -0.3 is 14.4 Å². The molecule has 4 heteroatoms. The number of methoxy groups -OCH3 is 1. The zero-order valence-electron chi connectivity index (χ0n) is 12.5. The fourth-order valence-corrected chi connectivity index (χ4v) is 2.58. The van der Waals surface area contributed by atoms with E-state index in [0.717, 1.165) is 11.3 Å². The number of benzene rings is 1. The number of aryl methyl sites for hydroxylation is 1. The third kappa shape index (κ3) is 3.31. The Labute approximate surface area is 120 Å². The monoisotopic (exact) mass is 277 g/mol. The van der Waals surface area contributed by atoms with Crippen LogP contribution in [0.2, 0.25) is 0 Å². The maximum atomic E-state index is 12.4. The summed E-state index contributed by atoms with van der Waals surface area (Å²) < 4.78 is 10.9. The number of carbonyl (C=O) groups excluding carboxylic acids is 1. The van der Waals surface area contributed by atoms with Crippen LogP contribution in [0.25, 0.3) is 0 Å². The normalized spacial score (nSPS) is 22.6. The molecule has 4 nitrogen and oxygen atoms in total. The van der Waals surface area contributed by atoms with Gasteiger partial charge in [-0.25, -0.2) is 0 Å². The van der Waals surface area contributed by atoms with E-state index in [4.69, 9.17) is 9.47 Å². The lowest BCUT2D eigenvalue weighted by molar-refractivity contribution is -0.143. The molecule has 0 aromatic heterocycles. The maximum absolute atomic E-state index is 12.4.